The number of non-ortho nitro benzene ring substituents is 1. The third-order valence-corrected chi connectivity index (χ3v) is 3.70. The third kappa shape index (κ3) is 5.24. The Kier molecular flexibility index (Phi) is 6.99. The van der Waals surface area contributed by atoms with Crippen LogP contribution in [0.4, 0.5) is 11.4 Å². The molecule has 1 aliphatic heterocycles. The van der Waals surface area contributed by atoms with Crippen LogP contribution in [0.2, 0.25) is 0 Å². The molecule has 28 heavy (non-hydrogen) atoms. The minimum Gasteiger partial charge on any atom is -0.490 e. The maximum Gasteiger partial charge on any atom is 0.269 e. The molecule has 0 amide bonds. The fraction of sp³-hybridized carbons (Fsp3) is 0.176. The van der Waals surface area contributed by atoms with E-state index in [0.29, 0.717) is 31.4 Å². The van der Waals surface area contributed by atoms with Crippen molar-refractivity contribution in [1.82, 2.24) is 0 Å². The highest BCUT2D eigenvalue weighted by Crippen LogP contribution is 2.21. The Labute approximate surface area is 167 Å². The fourth-order valence-corrected chi connectivity index (χ4v) is 2.35. The number of nitrogens with zero attached hydrogens (tertiary/aromatic N) is 4. The largest absolute Gasteiger partial charge is 0.490 e. The number of hydrogen-bond donors (Lipinski definition) is 2. The van der Waals surface area contributed by atoms with Gasteiger partial charge in [0.1, 0.15) is 31.4 Å². The number of ether oxygens (including phenoxy) is 2. The van der Waals surface area contributed by atoms with Gasteiger partial charge >= 0.3 is 0 Å². The van der Waals surface area contributed by atoms with Gasteiger partial charge in [-0.1, -0.05) is 0 Å². The fourth-order valence-electron chi connectivity index (χ4n) is 2.35. The smallest absolute Gasteiger partial charge is 0.269 e. The zero-order valence-corrected chi connectivity index (χ0v) is 15.5. The number of nitro benzene ring substituents is 1. The van der Waals surface area contributed by atoms with Gasteiger partial charge in [0.15, 0.2) is 0 Å². The maximum absolute atomic E-state index is 10.6. The van der Waals surface area contributed by atoms with Crippen molar-refractivity contribution in [3.05, 3.63) is 58.6 Å². The molecule has 1 heterocycles. The summed E-state index contributed by atoms with van der Waals surface area (Å²) in [5.74, 6) is 1.66. The zero-order valence-electron chi connectivity index (χ0n) is 14.7. The van der Waals surface area contributed by atoms with Crippen LogP contribution >= 0.6 is 12.4 Å². The van der Waals surface area contributed by atoms with Gasteiger partial charge in [-0.3, -0.25) is 15.0 Å². The number of anilines is 1. The van der Waals surface area contributed by atoms with E-state index >= 15 is 0 Å². The summed E-state index contributed by atoms with van der Waals surface area (Å²) in [5.41, 5.74) is 12.2. The summed E-state index contributed by atoms with van der Waals surface area (Å²) in [6.07, 6.45) is 0. The summed E-state index contributed by atoms with van der Waals surface area (Å²) < 4.78 is 11.1. The highest BCUT2D eigenvalue weighted by Gasteiger charge is 2.14. The number of rotatable bonds is 7. The Balaban J connectivity index is 0.00000280. The number of hydrogen-bond acceptors (Lipinski definition) is 9. The lowest BCUT2D eigenvalue weighted by Gasteiger charge is -2.24. The van der Waals surface area contributed by atoms with Gasteiger partial charge in [0, 0.05) is 17.8 Å². The van der Waals surface area contributed by atoms with E-state index < -0.39 is 4.92 Å². The first kappa shape index (κ1) is 20.8. The molecule has 0 bridgehead atoms. The van der Waals surface area contributed by atoms with E-state index in [0.717, 1.165) is 5.69 Å². The van der Waals surface area contributed by atoms with Crippen LogP contribution in [0, 0.1) is 10.1 Å². The van der Waals surface area contributed by atoms with Crippen LogP contribution in [-0.2, 0) is 0 Å². The predicted molar refractivity (Wildman–Crippen MR) is 108 cm³/mol. The highest BCUT2D eigenvalue weighted by molar-refractivity contribution is 6.04. The Hall–Kier alpha value is -3.53. The lowest BCUT2D eigenvalue weighted by molar-refractivity contribution is -0.384. The molecule has 10 nitrogen and oxygen atoms in total. The SMILES string of the molecule is Cl.NC1=NCN(c2ccc(OCCOc3ccc([N+](=O)[O-])cc3)cc2)C(N)=N1. The third-order valence-electron chi connectivity index (χ3n) is 3.70. The van der Waals surface area contributed by atoms with Crippen molar-refractivity contribution in [2.45, 2.75) is 0 Å². The van der Waals surface area contributed by atoms with Gasteiger partial charge in [-0.15, -0.1) is 12.4 Å². The molecule has 0 unspecified atom stereocenters. The molecule has 2 aromatic carbocycles. The van der Waals surface area contributed by atoms with E-state index in [1.807, 2.05) is 12.1 Å². The van der Waals surface area contributed by atoms with Crippen molar-refractivity contribution >= 4 is 35.7 Å². The Morgan fingerprint density at radius 2 is 1.54 bits per heavy atom. The van der Waals surface area contributed by atoms with Crippen molar-refractivity contribution in [1.29, 1.82) is 0 Å². The molecule has 3 rings (SSSR count). The molecule has 0 atom stereocenters. The average Bonchev–Trinajstić information content (AvgIpc) is 2.66. The maximum atomic E-state index is 10.6. The first-order valence-electron chi connectivity index (χ1n) is 8.04. The number of halogens is 1. The summed E-state index contributed by atoms with van der Waals surface area (Å²) >= 11 is 0. The summed E-state index contributed by atoms with van der Waals surface area (Å²) in [4.78, 5) is 19.8. The molecule has 0 saturated carbocycles. The molecule has 148 valence electrons. The van der Waals surface area contributed by atoms with Gasteiger partial charge < -0.3 is 20.9 Å². The van der Waals surface area contributed by atoms with Crippen molar-refractivity contribution < 1.29 is 14.4 Å². The first-order valence-corrected chi connectivity index (χ1v) is 8.04. The van der Waals surface area contributed by atoms with Crippen LogP contribution in [0.15, 0.2) is 58.5 Å². The van der Waals surface area contributed by atoms with Crippen LogP contribution in [0.25, 0.3) is 0 Å². The number of benzene rings is 2. The van der Waals surface area contributed by atoms with E-state index in [1.54, 1.807) is 29.2 Å². The highest BCUT2D eigenvalue weighted by atomic mass is 35.5. The second kappa shape index (κ2) is 9.42. The lowest BCUT2D eigenvalue weighted by atomic mass is 10.3. The first-order chi connectivity index (χ1) is 13.0. The molecule has 0 aromatic heterocycles. The van der Waals surface area contributed by atoms with E-state index in [9.17, 15) is 10.1 Å². The molecule has 0 radical (unpaired) electrons. The zero-order chi connectivity index (χ0) is 19.2. The second-order valence-electron chi connectivity index (χ2n) is 5.50. The van der Waals surface area contributed by atoms with Crippen molar-refractivity contribution in [3.8, 4) is 11.5 Å². The van der Waals surface area contributed by atoms with Crippen molar-refractivity contribution in [2.75, 3.05) is 24.8 Å². The molecule has 0 saturated heterocycles. The van der Waals surface area contributed by atoms with E-state index in [-0.39, 0.29) is 30.0 Å². The molecule has 0 spiro atoms. The van der Waals surface area contributed by atoms with Crippen LogP contribution in [0.1, 0.15) is 0 Å². The van der Waals surface area contributed by atoms with Crippen LogP contribution < -0.4 is 25.8 Å². The van der Waals surface area contributed by atoms with Gasteiger partial charge in [0.25, 0.3) is 5.69 Å². The lowest BCUT2D eigenvalue weighted by Crippen LogP contribution is -2.42. The predicted octanol–water partition coefficient (Wildman–Crippen LogP) is 1.88. The van der Waals surface area contributed by atoms with E-state index in [4.69, 9.17) is 20.9 Å². The quantitative estimate of drug-likeness (QED) is 0.406. The Morgan fingerprint density at radius 1 is 1.00 bits per heavy atom. The van der Waals surface area contributed by atoms with Crippen molar-refractivity contribution in [3.63, 3.8) is 0 Å². The number of aliphatic imine (C=N–C) groups is 2. The van der Waals surface area contributed by atoms with E-state index in [1.165, 1.54) is 12.1 Å². The molecular weight excluding hydrogens is 388 g/mol. The summed E-state index contributed by atoms with van der Waals surface area (Å²) in [7, 11) is 0. The Bertz CT molecular complexity index is 870. The molecule has 0 aliphatic carbocycles. The normalized spacial score (nSPS) is 13.1. The Morgan fingerprint density at radius 3 is 2.04 bits per heavy atom. The monoisotopic (exact) mass is 406 g/mol. The van der Waals surface area contributed by atoms with Gasteiger partial charge in [0.2, 0.25) is 11.9 Å². The number of guanidine groups is 2. The summed E-state index contributed by atoms with van der Waals surface area (Å²) in [5, 5.41) is 10.6. The topological polar surface area (TPSA) is 142 Å². The molecule has 2 aromatic rings. The summed E-state index contributed by atoms with van der Waals surface area (Å²) in [6.45, 7) is 0.939. The van der Waals surface area contributed by atoms with Crippen LogP contribution in [0.5, 0.6) is 11.5 Å². The standard InChI is InChI=1S/C17H18N6O4.ClH/c18-16-20-11-22(17(19)21-16)12-1-5-14(6-2-12)26-9-10-27-15-7-3-13(4-8-15)23(24)25;/h1-8H,9-11H2,(H4,18,19,20,21);1H. The number of nitro groups is 1. The van der Waals surface area contributed by atoms with Crippen LogP contribution in [0.3, 0.4) is 0 Å². The molecule has 0 fully saturated rings. The molecular formula is C17H19ClN6O4. The van der Waals surface area contributed by atoms with Crippen LogP contribution in [-0.4, -0.2) is 36.7 Å². The minimum atomic E-state index is -0.457. The van der Waals surface area contributed by atoms with Crippen molar-refractivity contribution in [2.24, 2.45) is 21.5 Å². The van der Waals surface area contributed by atoms with Gasteiger partial charge in [-0.25, -0.2) is 4.99 Å². The minimum absolute atomic E-state index is 0. The second-order valence-corrected chi connectivity index (χ2v) is 5.50. The average molecular weight is 407 g/mol. The summed E-state index contributed by atoms with van der Waals surface area (Å²) in [6, 6.07) is 13.2. The molecule has 1 aliphatic rings. The molecule has 4 N–H and O–H groups in total. The molecule has 11 heteroatoms. The van der Waals surface area contributed by atoms with Gasteiger partial charge in [-0.05, 0) is 36.4 Å². The van der Waals surface area contributed by atoms with E-state index in [2.05, 4.69) is 9.98 Å². The number of nitrogens with two attached hydrogens (primary N) is 2. The van der Waals surface area contributed by atoms with Gasteiger partial charge in [0.05, 0.1) is 4.92 Å². The van der Waals surface area contributed by atoms with Gasteiger partial charge in [-0.2, -0.15) is 4.99 Å².